The minimum Gasteiger partial charge on any atom is -0.481 e. The van der Waals surface area contributed by atoms with Gasteiger partial charge in [0.1, 0.15) is 0 Å². The first-order chi connectivity index (χ1) is 9.40. The number of carboxylic acids is 2. The van der Waals surface area contributed by atoms with Crippen LogP contribution in [-0.4, -0.2) is 22.2 Å². The summed E-state index contributed by atoms with van der Waals surface area (Å²) in [5.74, 6) is -3.08. The van der Waals surface area contributed by atoms with Crippen LogP contribution in [0.5, 0.6) is 0 Å². The molecule has 0 aromatic heterocycles. The SMILES string of the molecule is CCC(CC)(C(C(=O)O)C(=O)O)C(C)C1CCCCC1. The molecule has 0 radical (unpaired) electrons. The second kappa shape index (κ2) is 7.09. The predicted molar refractivity (Wildman–Crippen MR) is 77.5 cm³/mol. The molecule has 1 fully saturated rings. The Morgan fingerprint density at radius 2 is 1.50 bits per heavy atom. The Bertz CT molecular complexity index is 326. The van der Waals surface area contributed by atoms with Crippen molar-refractivity contribution in [3.63, 3.8) is 0 Å². The van der Waals surface area contributed by atoms with E-state index in [4.69, 9.17) is 0 Å². The van der Waals surface area contributed by atoms with Crippen molar-refractivity contribution in [1.29, 1.82) is 0 Å². The Kier molecular flexibility index (Phi) is 6.03. The van der Waals surface area contributed by atoms with E-state index in [0.717, 1.165) is 12.8 Å². The maximum absolute atomic E-state index is 11.5. The Morgan fingerprint density at radius 3 is 1.85 bits per heavy atom. The lowest BCUT2D eigenvalue weighted by atomic mass is 9.58. The molecule has 0 aromatic carbocycles. The summed E-state index contributed by atoms with van der Waals surface area (Å²) in [4.78, 5) is 23.0. The number of carbonyl (C=O) groups is 2. The summed E-state index contributed by atoms with van der Waals surface area (Å²) in [5.41, 5.74) is -0.639. The monoisotopic (exact) mass is 284 g/mol. The van der Waals surface area contributed by atoms with Crippen LogP contribution in [0.3, 0.4) is 0 Å². The third-order valence-corrected chi connectivity index (χ3v) is 5.65. The molecule has 1 saturated carbocycles. The van der Waals surface area contributed by atoms with Gasteiger partial charge in [0.25, 0.3) is 0 Å². The fourth-order valence-corrected chi connectivity index (χ4v) is 4.27. The third kappa shape index (κ3) is 3.15. The van der Waals surface area contributed by atoms with Crippen LogP contribution in [0.15, 0.2) is 0 Å². The summed E-state index contributed by atoms with van der Waals surface area (Å²) in [5, 5.41) is 18.8. The Balaban J connectivity index is 3.10. The first-order valence-corrected chi connectivity index (χ1v) is 7.86. The minimum atomic E-state index is -1.30. The van der Waals surface area contributed by atoms with Gasteiger partial charge >= 0.3 is 11.9 Å². The fraction of sp³-hybridized carbons (Fsp3) is 0.875. The first kappa shape index (κ1) is 17.0. The van der Waals surface area contributed by atoms with Crippen LogP contribution in [0, 0.1) is 23.2 Å². The Labute approximate surface area is 121 Å². The van der Waals surface area contributed by atoms with E-state index in [2.05, 4.69) is 6.92 Å². The Hall–Kier alpha value is -1.06. The van der Waals surface area contributed by atoms with Gasteiger partial charge in [-0.25, -0.2) is 0 Å². The zero-order chi connectivity index (χ0) is 15.3. The smallest absolute Gasteiger partial charge is 0.318 e. The highest BCUT2D eigenvalue weighted by molar-refractivity contribution is 5.94. The molecule has 2 N–H and O–H groups in total. The normalized spacial score (nSPS) is 19.0. The van der Waals surface area contributed by atoms with Crippen molar-refractivity contribution in [1.82, 2.24) is 0 Å². The van der Waals surface area contributed by atoms with Gasteiger partial charge in [0.15, 0.2) is 5.92 Å². The van der Waals surface area contributed by atoms with Crippen molar-refractivity contribution in [3.8, 4) is 0 Å². The van der Waals surface area contributed by atoms with Crippen LogP contribution in [0.1, 0.15) is 65.7 Å². The van der Waals surface area contributed by atoms with Crippen molar-refractivity contribution in [2.45, 2.75) is 65.7 Å². The summed E-state index contributed by atoms with van der Waals surface area (Å²) >= 11 is 0. The number of rotatable bonds is 7. The van der Waals surface area contributed by atoms with Gasteiger partial charge in [-0.05, 0) is 30.1 Å². The molecular weight excluding hydrogens is 256 g/mol. The zero-order valence-corrected chi connectivity index (χ0v) is 12.9. The lowest BCUT2D eigenvalue weighted by molar-refractivity contribution is -0.165. The lowest BCUT2D eigenvalue weighted by Gasteiger charge is -2.45. The summed E-state index contributed by atoms with van der Waals surface area (Å²) in [6, 6.07) is 0. The molecule has 0 bridgehead atoms. The average Bonchev–Trinajstić information content (AvgIpc) is 2.44. The van der Waals surface area contributed by atoms with Gasteiger partial charge in [0.2, 0.25) is 0 Å². The van der Waals surface area contributed by atoms with Crippen LogP contribution in [0.4, 0.5) is 0 Å². The molecule has 0 amide bonds. The van der Waals surface area contributed by atoms with Gasteiger partial charge in [0.05, 0.1) is 0 Å². The Morgan fingerprint density at radius 1 is 1.05 bits per heavy atom. The van der Waals surface area contributed by atoms with Gasteiger partial charge in [-0.15, -0.1) is 0 Å². The molecule has 4 heteroatoms. The van der Waals surface area contributed by atoms with E-state index in [1.165, 1.54) is 19.3 Å². The topological polar surface area (TPSA) is 74.6 Å². The molecule has 1 aliphatic carbocycles. The largest absolute Gasteiger partial charge is 0.481 e. The van der Waals surface area contributed by atoms with Crippen LogP contribution in [0.25, 0.3) is 0 Å². The average molecular weight is 284 g/mol. The van der Waals surface area contributed by atoms with E-state index in [1.807, 2.05) is 13.8 Å². The number of hydrogen-bond acceptors (Lipinski definition) is 2. The second-order valence-corrected chi connectivity index (χ2v) is 6.24. The van der Waals surface area contributed by atoms with Gasteiger partial charge in [-0.1, -0.05) is 52.9 Å². The molecular formula is C16H28O4. The molecule has 0 heterocycles. The molecule has 0 aliphatic heterocycles. The zero-order valence-electron chi connectivity index (χ0n) is 12.9. The molecule has 0 saturated heterocycles. The second-order valence-electron chi connectivity index (χ2n) is 6.24. The molecule has 1 unspecified atom stereocenters. The molecule has 1 rings (SSSR count). The van der Waals surface area contributed by atoms with Gasteiger partial charge in [-0.3, -0.25) is 9.59 Å². The van der Waals surface area contributed by atoms with Crippen LogP contribution < -0.4 is 0 Å². The summed E-state index contributed by atoms with van der Waals surface area (Å²) in [6.45, 7) is 5.94. The molecule has 20 heavy (non-hydrogen) atoms. The maximum atomic E-state index is 11.5. The molecule has 116 valence electrons. The van der Waals surface area contributed by atoms with Crippen LogP contribution in [0.2, 0.25) is 0 Å². The first-order valence-electron chi connectivity index (χ1n) is 7.86. The van der Waals surface area contributed by atoms with Gasteiger partial charge in [0, 0.05) is 0 Å². The molecule has 4 nitrogen and oxygen atoms in total. The van der Waals surface area contributed by atoms with Crippen LogP contribution >= 0.6 is 0 Å². The fourth-order valence-electron chi connectivity index (χ4n) is 4.27. The van der Waals surface area contributed by atoms with E-state index in [-0.39, 0.29) is 5.92 Å². The highest BCUT2D eigenvalue weighted by Gasteiger charge is 2.50. The summed E-state index contributed by atoms with van der Waals surface area (Å²) in [7, 11) is 0. The molecule has 1 aliphatic rings. The number of hydrogen-bond donors (Lipinski definition) is 2. The summed E-state index contributed by atoms with van der Waals surface area (Å²) in [6.07, 6.45) is 7.03. The number of aliphatic carboxylic acids is 2. The lowest BCUT2D eigenvalue weighted by Crippen LogP contribution is -2.47. The quantitative estimate of drug-likeness (QED) is 0.697. The van der Waals surface area contributed by atoms with Gasteiger partial charge < -0.3 is 10.2 Å². The molecule has 0 aromatic rings. The molecule has 1 atom stereocenters. The standard InChI is InChI=1S/C16H28O4/c1-4-16(5-2,13(14(17)18)15(19)20)11(3)12-9-7-6-8-10-12/h11-13H,4-10H2,1-3H3,(H,17,18)(H,19,20). The van der Waals surface area contributed by atoms with Crippen molar-refractivity contribution >= 4 is 11.9 Å². The van der Waals surface area contributed by atoms with Crippen molar-refractivity contribution < 1.29 is 19.8 Å². The third-order valence-electron chi connectivity index (χ3n) is 5.65. The van der Waals surface area contributed by atoms with Crippen LogP contribution in [-0.2, 0) is 9.59 Å². The van der Waals surface area contributed by atoms with E-state index >= 15 is 0 Å². The molecule has 0 spiro atoms. The van der Waals surface area contributed by atoms with E-state index in [9.17, 15) is 19.8 Å². The van der Waals surface area contributed by atoms with Crippen molar-refractivity contribution in [2.24, 2.45) is 23.2 Å². The van der Waals surface area contributed by atoms with Crippen molar-refractivity contribution in [3.05, 3.63) is 0 Å². The maximum Gasteiger partial charge on any atom is 0.318 e. The number of carboxylic acid groups (broad SMARTS) is 2. The highest BCUT2D eigenvalue weighted by atomic mass is 16.4. The van der Waals surface area contributed by atoms with Gasteiger partial charge in [-0.2, -0.15) is 0 Å². The van der Waals surface area contributed by atoms with E-state index in [0.29, 0.717) is 18.8 Å². The van der Waals surface area contributed by atoms with Crippen molar-refractivity contribution in [2.75, 3.05) is 0 Å². The van der Waals surface area contributed by atoms with E-state index < -0.39 is 23.3 Å². The highest BCUT2D eigenvalue weighted by Crippen LogP contribution is 2.49. The van der Waals surface area contributed by atoms with E-state index in [1.54, 1.807) is 0 Å². The minimum absolute atomic E-state index is 0.134. The predicted octanol–water partition coefficient (Wildman–Crippen LogP) is 3.79. The summed E-state index contributed by atoms with van der Waals surface area (Å²) < 4.78 is 0.